The van der Waals surface area contributed by atoms with Crippen LogP contribution in [-0.2, 0) is 0 Å². The third-order valence-corrected chi connectivity index (χ3v) is 6.17. The smallest absolute Gasteiger partial charge is 0.329 e. The molecular weight excluding hydrogens is 356 g/mol. The van der Waals surface area contributed by atoms with Gasteiger partial charge in [-0.05, 0) is 44.9 Å². The Morgan fingerprint density at radius 2 is 2.14 bits per heavy atom. The number of aryl methyl sites for hydroxylation is 1. The highest BCUT2D eigenvalue weighted by atomic mass is 16.2. The average Bonchev–Trinajstić information content (AvgIpc) is 3.38. The van der Waals surface area contributed by atoms with Gasteiger partial charge in [0.1, 0.15) is 0 Å². The van der Waals surface area contributed by atoms with Crippen molar-refractivity contribution in [1.82, 2.24) is 14.9 Å². The van der Waals surface area contributed by atoms with E-state index in [1.165, 1.54) is 0 Å². The summed E-state index contributed by atoms with van der Waals surface area (Å²) in [5.74, 6) is 0.375. The van der Waals surface area contributed by atoms with Crippen LogP contribution in [0.2, 0.25) is 0 Å². The van der Waals surface area contributed by atoms with Crippen LogP contribution in [0, 0.1) is 19.4 Å². The summed E-state index contributed by atoms with van der Waals surface area (Å²) in [6.45, 7) is 11.3. The van der Waals surface area contributed by atoms with Gasteiger partial charge >= 0.3 is 5.69 Å². The summed E-state index contributed by atoms with van der Waals surface area (Å²) in [6, 6.07) is 2.16. The highest BCUT2D eigenvalue weighted by molar-refractivity contribution is 5.96. The molecule has 2 unspecified atom stereocenters. The quantitative estimate of drug-likeness (QED) is 0.534. The third-order valence-electron chi connectivity index (χ3n) is 6.17. The van der Waals surface area contributed by atoms with Crippen molar-refractivity contribution in [1.29, 1.82) is 0 Å². The topological polar surface area (TPSA) is 101 Å². The zero-order chi connectivity index (χ0) is 20.0. The number of hydrogen-bond acceptors (Lipinski definition) is 5. The third kappa shape index (κ3) is 2.96. The lowest BCUT2D eigenvalue weighted by Gasteiger charge is -2.25. The Bertz CT molecular complexity index is 1080. The van der Waals surface area contributed by atoms with Crippen molar-refractivity contribution >= 4 is 22.3 Å². The molecule has 1 saturated heterocycles. The maximum absolute atomic E-state index is 12.5. The number of nitrogen functional groups attached to an aromatic ring is 1. The second kappa shape index (κ2) is 6.99. The number of nitrogens with zero attached hydrogens (tertiary/aromatic N) is 3. The highest BCUT2D eigenvalue weighted by Gasteiger charge is 2.33. The lowest BCUT2D eigenvalue weighted by Crippen LogP contribution is -2.37. The molecule has 1 aliphatic heterocycles. The van der Waals surface area contributed by atoms with Gasteiger partial charge in [-0.2, -0.15) is 0 Å². The molecule has 8 nitrogen and oxygen atoms in total. The van der Waals surface area contributed by atoms with Crippen molar-refractivity contribution in [3.05, 3.63) is 43.9 Å². The number of hydrogen-bond donors (Lipinski definition) is 3. The number of benzene rings is 1. The summed E-state index contributed by atoms with van der Waals surface area (Å²) >= 11 is 0. The van der Waals surface area contributed by atoms with E-state index in [0.29, 0.717) is 29.1 Å². The average molecular weight is 382 g/mol. The number of anilines is 2. The van der Waals surface area contributed by atoms with E-state index in [9.17, 15) is 9.59 Å². The van der Waals surface area contributed by atoms with Gasteiger partial charge in [0.05, 0.1) is 16.9 Å². The van der Waals surface area contributed by atoms with Crippen molar-refractivity contribution in [3.63, 3.8) is 0 Å². The van der Waals surface area contributed by atoms with Gasteiger partial charge in [-0.25, -0.2) is 11.4 Å². The van der Waals surface area contributed by atoms with Crippen LogP contribution in [0.4, 0.5) is 11.4 Å². The molecule has 2 aromatic rings. The van der Waals surface area contributed by atoms with E-state index in [4.69, 9.17) is 12.3 Å². The van der Waals surface area contributed by atoms with E-state index in [1.54, 1.807) is 4.57 Å². The Hall–Kier alpha value is -2.79. The molecular formula is C20H26N6O2. The molecule has 148 valence electrons. The fraction of sp³-hybridized carbons (Fsp3) is 0.550. The van der Waals surface area contributed by atoms with Crippen LogP contribution in [0.1, 0.15) is 30.9 Å². The van der Waals surface area contributed by atoms with Crippen molar-refractivity contribution in [3.8, 4) is 0 Å². The molecule has 8 heteroatoms. The number of aromatic nitrogens is 2. The molecule has 2 fully saturated rings. The highest BCUT2D eigenvalue weighted by Crippen LogP contribution is 2.39. The van der Waals surface area contributed by atoms with Gasteiger partial charge in [0.25, 0.3) is 5.56 Å². The maximum Gasteiger partial charge on any atom is 0.329 e. The van der Waals surface area contributed by atoms with Gasteiger partial charge in [0.2, 0.25) is 6.54 Å². The summed E-state index contributed by atoms with van der Waals surface area (Å²) in [6.07, 6.45) is 2.87. The first-order valence-electron chi connectivity index (χ1n) is 9.79. The number of fused-ring (bicyclic) bond motifs is 1. The van der Waals surface area contributed by atoms with Gasteiger partial charge in [-0.3, -0.25) is 14.3 Å². The summed E-state index contributed by atoms with van der Waals surface area (Å²) in [7, 11) is 1.90. The molecule has 2 atom stereocenters. The summed E-state index contributed by atoms with van der Waals surface area (Å²) < 4.78 is 1.72. The zero-order valence-corrected chi connectivity index (χ0v) is 16.3. The number of nitrogens with two attached hydrogens (primary N) is 1. The minimum atomic E-state index is -0.421. The van der Waals surface area contributed by atoms with Crippen LogP contribution in [0.15, 0.2) is 15.7 Å². The summed E-state index contributed by atoms with van der Waals surface area (Å²) in [5, 5.41) is 3.67. The standard InChI is InChI=1S/C20H26N6O2/c1-11-16(25-7-6-12(10-25)15(23-3)9-22-2)8-14(21)17-18(11)26(13-4-5-13)20(28)24-19(17)27/h8,12-13,15,23H,4-7,9-10,21H2,1,3H3,(H,24,27,28). The number of likely N-dealkylation sites (N-methyl/N-ethyl adjacent to an activating group) is 1. The number of rotatable bonds is 5. The van der Waals surface area contributed by atoms with Crippen LogP contribution in [0.3, 0.4) is 0 Å². The van der Waals surface area contributed by atoms with E-state index in [-0.39, 0.29) is 17.8 Å². The van der Waals surface area contributed by atoms with Crippen LogP contribution >= 0.6 is 0 Å². The minimum Gasteiger partial charge on any atom is -0.398 e. The molecule has 2 heterocycles. The van der Waals surface area contributed by atoms with Crippen LogP contribution in [0.25, 0.3) is 15.7 Å². The normalized spacial score (nSPS) is 20.5. The molecule has 4 N–H and O–H groups in total. The van der Waals surface area contributed by atoms with E-state index in [2.05, 4.69) is 20.0 Å². The maximum atomic E-state index is 12.5. The second-order valence-electron chi connectivity index (χ2n) is 7.92. The fourth-order valence-corrected chi connectivity index (χ4v) is 4.55. The van der Waals surface area contributed by atoms with Crippen molar-refractivity contribution in [2.45, 2.75) is 38.3 Å². The van der Waals surface area contributed by atoms with Crippen LogP contribution < -0.4 is 27.2 Å². The van der Waals surface area contributed by atoms with E-state index in [0.717, 1.165) is 43.6 Å². The molecule has 28 heavy (non-hydrogen) atoms. The van der Waals surface area contributed by atoms with Crippen LogP contribution in [0.5, 0.6) is 0 Å². The Morgan fingerprint density at radius 3 is 2.79 bits per heavy atom. The second-order valence-corrected chi connectivity index (χ2v) is 7.92. The number of H-pyrrole nitrogens is 1. The molecule has 1 aromatic carbocycles. The van der Waals surface area contributed by atoms with E-state index in [1.807, 2.05) is 20.0 Å². The number of aromatic amines is 1. The van der Waals surface area contributed by atoms with E-state index >= 15 is 0 Å². The van der Waals surface area contributed by atoms with E-state index < -0.39 is 5.56 Å². The Labute approximate surface area is 163 Å². The molecule has 1 aromatic heterocycles. The molecule has 2 aliphatic rings. The largest absolute Gasteiger partial charge is 0.398 e. The molecule has 4 rings (SSSR count). The Morgan fingerprint density at radius 1 is 1.39 bits per heavy atom. The Balaban J connectivity index is 1.81. The summed E-state index contributed by atoms with van der Waals surface area (Å²) in [4.78, 5) is 33.2. The van der Waals surface area contributed by atoms with Crippen LogP contribution in [-0.4, -0.2) is 42.3 Å². The molecule has 0 spiro atoms. The van der Waals surface area contributed by atoms with Crippen molar-refractivity contribution < 1.29 is 0 Å². The molecule has 1 saturated carbocycles. The number of nitrogens with one attached hydrogen (secondary N) is 2. The molecule has 1 aliphatic carbocycles. The first-order valence-corrected chi connectivity index (χ1v) is 9.79. The Kier molecular flexibility index (Phi) is 4.63. The van der Waals surface area contributed by atoms with Gasteiger partial charge in [-0.15, -0.1) is 0 Å². The van der Waals surface area contributed by atoms with Gasteiger partial charge < -0.3 is 20.8 Å². The lowest BCUT2D eigenvalue weighted by atomic mass is 9.99. The minimum absolute atomic E-state index is 0.138. The van der Waals surface area contributed by atoms with Crippen molar-refractivity contribution in [2.75, 3.05) is 37.3 Å². The SMILES string of the molecule is [C-]#[N+]CC(NC)C1CCN(c2cc(N)c3c(=O)[nH]c(=O)n(C4CC4)c3c2C)C1. The lowest BCUT2D eigenvalue weighted by molar-refractivity contribution is 0.422. The molecule has 0 radical (unpaired) electrons. The first-order chi connectivity index (χ1) is 13.5. The zero-order valence-electron chi connectivity index (χ0n) is 16.3. The van der Waals surface area contributed by atoms with Gasteiger partial charge in [-0.1, -0.05) is 0 Å². The monoisotopic (exact) mass is 382 g/mol. The summed E-state index contributed by atoms with van der Waals surface area (Å²) in [5.41, 5.74) is 8.48. The first kappa shape index (κ1) is 18.6. The van der Waals surface area contributed by atoms with Crippen molar-refractivity contribution in [2.24, 2.45) is 5.92 Å². The molecule has 0 amide bonds. The molecule has 0 bridgehead atoms. The fourth-order valence-electron chi connectivity index (χ4n) is 4.55. The van der Waals surface area contributed by atoms with Gasteiger partial charge in [0, 0.05) is 36.4 Å². The van der Waals surface area contributed by atoms with Gasteiger partial charge in [0.15, 0.2) is 0 Å². The predicted molar refractivity (Wildman–Crippen MR) is 111 cm³/mol. The predicted octanol–water partition coefficient (Wildman–Crippen LogP) is 1.25.